The number of rotatable bonds is 3. The molecule has 0 amide bonds. The number of anilines is 2. The summed E-state index contributed by atoms with van der Waals surface area (Å²) in [5, 5.41) is 12.8. The number of piperidine rings is 1. The van der Waals surface area contributed by atoms with Crippen molar-refractivity contribution < 1.29 is 8.42 Å². The molecule has 0 saturated carbocycles. The van der Waals surface area contributed by atoms with Gasteiger partial charge in [0.2, 0.25) is 0 Å². The first-order chi connectivity index (χ1) is 9.32. The summed E-state index contributed by atoms with van der Waals surface area (Å²) in [4.78, 5) is 2.55. The molecule has 0 spiro atoms. The largest absolute Gasteiger partial charge is 0.396 e. The minimum absolute atomic E-state index is 0.0652. The molecule has 1 aliphatic rings. The molecule has 20 heavy (non-hydrogen) atoms. The number of nitrogens with one attached hydrogen (secondary N) is 1. The third-order valence-electron chi connectivity index (χ3n) is 3.43. The maximum atomic E-state index is 11.9. The Balaban J connectivity index is 2.30. The fraction of sp³-hybridized carbons (Fsp3) is 0.583. The summed E-state index contributed by atoms with van der Waals surface area (Å²) < 4.78 is 23.7. The molecule has 1 aromatic rings. The molecule has 2 rings (SSSR count). The number of hydrogen-bond acceptors (Lipinski definition) is 7. The van der Waals surface area contributed by atoms with Crippen LogP contribution >= 0.6 is 11.3 Å². The number of nitriles is 1. The van der Waals surface area contributed by atoms with Crippen LogP contribution in [-0.4, -0.2) is 45.8 Å². The molecule has 3 N–H and O–H groups in total. The maximum absolute atomic E-state index is 11.9. The second-order valence-corrected chi connectivity index (χ2v) is 8.08. The Morgan fingerprint density at radius 1 is 1.45 bits per heavy atom. The zero-order valence-electron chi connectivity index (χ0n) is 11.5. The van der Waals surface area contributed by atoms with E-state index in [-0.39, 0.29) is 21.5 Å². The maximum Gasteiger partial charge on any atom is 0.180 e. The topological polar surface area (TPSA) is 99.2 Å². The molecule has 1 saturated heterocycles. The Morgan fingerprint density at radius 2 is 2.05 bits per heavy atom. The van der Waals surface area contributed by atoms with Gasteiger partial charge in [-0.15, -0.1) is 11.3 Å². The highest BCUT2D eigenvalue weighted by Crippen LogP contribution is 2.39. The predicted octanol–water partition coefficient (Wildman–Crippen LogP) is 1.11. The van der Waals surface area contributed by atoms with Gasteiger partial charge in [0.1, 0.15) is 20.8 Å². The van der Waals surface area contributed by atoms with Gasteiger partial charge >= 0.3 is 0 Å². The van der Waals surface area contributed by atoms with Gasteiger partial charge in [-0.05, 0) is 33.0 Å². The van der Waals surface area contributed by atoms with E-state index in [4.69, 9.17) is 11.0 Å². The summed E-state index contributed by atoms with van der Waals surface area (Å²) in [6.07, 6.45) is 3.01. The third kappa shape index (κ3) is 3.06. The molecule has 0 aliphatic carbocycles. The normalized spacial score (nSPS) is 17.9. The third-order valence-corrected chi connectivity index (χ3v) is 5.76. The van der Waals surface area contributed by atoms with E-state index in [9.17, 15) is 8.42 Å². The van der Waals surface area contributed by atoms with Gasteiger partial charge in [-0.2, -0.15) is 5.26 Å². The molecular weight excluding hydrogens is 296 g/mol. The first-order valence-electron chi connectivity index (χ1n) is 6.30. The summed E-state index contributed by atoms with van der Waals surface area (Å²) in [6.45, 7) is 1.94. The van der Waals surface area contributed by atoms with Crippen molar-refractivity contribution in [2.45, 2.75) is 23.8 Å². The number of nitrogen functional groups attached to an aromatic ring is 1. The highest BCUT2D eigenvalue weighted by atomic mass is 32.2. The Kier molecular flexibility index (Phi) is 4.22. The minimum atomic E-state index is -3.45. The van der Waals surface area contributed by atoms with Gasteiger partial charge in [-0.3, -0.25) is 0 Å². The van der Waals surface area contributed by atoms with Crippen LogP contribution in [0.5, 0.6) is 0 Å². The molecule has 0 unspecified atom stereocenters. The fourth-order valence-electron chi connectivity index (χ4n) is 2.31. The highest BCUT2D eigenvalue weighted by molar-refractivity contribution is 7.91. The lowest BCUT2D eigenvalue weighted by molar-refractivity contribution is 0.264. The molecular formula is C12H18N4O2S2. The fourth-order valence-corrected chi connectivity index (χ4v) is 4.74. The van der Waals surface area contributed by atoms with Crippen molar-refractivity contribution in [3.8, 4) is 6.07 Å². The standard InChI is InChI=1S/C12H18N4O2S2/c1-16-5-3-8(4-6-16)15-12-11(20(2,17)18)10(14)9(7-13)19-12/h8,15H,3-6,14H2,1-2H3. The monoisotopic (exact) mass is 314 g/mol. The quantitative estimate of drug-likeness (QED) is 0.867. The molecule has 0 bridgehead atoms. The van der Waals surface area contributed by atoms with E-state index in [2.05, 4.69) is 17.3 Å². The van der Waals surface area contributed by atoms with Crippen molar-refractivity contribution in [3.63, 3.8) is 0 Å². The second kappa shape index (κ2) is 5.60. The van der Waals surface area contributed by atoms with Crippen molar-refractivity contribution in [2.75, 3.05) is 37.4 Å². The molecule has 1 aliphatic heterocycles. The van der Waals surface area contributed by atoms with Crippen LogP contribution in [0.2, 0.25) is 0 Å². The van der Waals surface area contributed by atoms with Crippen LogP contribution in [0.25, 0.3) is 0 Å². The Morgan fingerprint density at radius 3 is 2.55 bits per heavy atom. The van der Waals surface area contributed by atoms with Gasteiger partial charge in [0.15, 0.2) is 9.84 Å². The van der Waals surface area contributed by atoms with Gasteiger partial charge in [0, 0.05) is 12.3 Å². The summed E-state index contributed by atoms with van der Waals surface area (Å²) in [7, 11) is -1.39. The van der Waals surface area contributed by atoms with Gasteiger partial charge < -0.3 is 16.0 Å². The molecule has 0 radical (unpaired) electrons. The molecule has 1 fully saturated rings. The average molecular weight is 314 g/mol. The van der Waals surface area contributed by atoms with E-state index in [1.807, 2.05) is 6.07 Å². The Hall–Kier alpha value is -1.30. The van der Waals surface area contributed by atoms with Crippen LogP contribution in [-0.2, 0) is 9.84 Å². The van der Waals surface area contributed by atoms with Crippen LogP contribution in [0.3, 0.4) is 0 Å². The summed E-state index contributed by atoms with van der Waals surface area (Å²) in [5.74, 6) is 0. The first-order valence-corrected chi connectivity index (χ1v) is 9.01. The first kappa shape index (κ1) is 15.1. The molecule has 110 valence electrons. The minimum Gasteiger partial charge on any atom is -0.396 e. The number of likely N-dealkylation sites (tertiary alicyclic amines) is 1. The number of thiophene rings is 1. The van der Waals surface area contributed by atoms with E-state index < -0.39 is 9.84 Å². The van der Waals surface area contributed by atoms with Gasteiger partial charge in [0.25, 0.3) is 0 Å². The van der Waals surface area contributed by atoms with Crippen LogP contribution in [0, 0.1) is 11.3 Å². The number of sulfone groups is 1. The Labute approximate surface area is 123 Å². The van der Waals surface area contributed by atoms with Crippen LogP contribution in [0.4, 0.5) is 10.7 Å². The van der Waals surface area contributed by atoms with Crippen molar-refractivity contribution in [1.82, 2.24) is 4.90 Å². The summed E-state index contributed by atoms with van der Waals surface area (Å²) in [5.41, 5.74) is 5.85. The zero-order chi connectivity index (χ0) is 14.9. The van der Waals surface area contributed by atoms with E-state index in [1.165, 1.54) is 0 Å². The lowest BCUT2D eigenvalue weighted by Gasteiger charge is -2.29. The number of hydrogen-bond donors (Lipinski definition) is 2. The van der Waals surface area contributed by atoms with Crippen molar-refractivity contribution >= 4 is 31.9 Å². The predicted molar refractivity (Wildman–Crippen MR) is 80.7 cm³/mol. The van der Waals surface area contributed by atoms with Gasteiger partial charge in [-0.25, -0.2) is 8.42 Å². The van der Waals surface area contributed by atoms with Crippen LogP contribution in [0.15, 0.2) is 4.90 Å². The lowest BCUT2D eigenvalue weighted by atomic mass is 10.1. The SMILES string of the molecule is CN1CCC(Nc2sc(C#N)c(N)c2S(C)(=O)=O)CC1. The number of nitrogens with zero attached hydrogens (tertiary/aromatic N) is 2. The molecule has 0 aromatic carbocycles. The van der Waals surface area contributed by atoms with Crippen molar-refractivity contribution in [1.29, 1.82) is 5.26 Å². The van der Waals surface area contributed by atoms with Crippen LogP contribution < -0.4 is 11.1 Å². The molecule has 0 atom stereocenters. The Bertz CT molecular complexity index is 637. The van der Waals surface area contributed by atoms with E-state index in [0.717, 1.165) is 43.5 Å². The van der Waals surface area contributed by atoms with Crippen molar-refractivity contribution in [2.24, 2.45) is 0 Å². The van der Waals surface area contributed by atoms with E-state index >= 15 is 0 Å². The van der Waals surface area contributed by atoms with Gasteiger partial charge in [-0.1, -0.05) is 0 Å². The van der Waals surface area contributed by atoms with E-state index in [1.54, 1.807) is 0 Å². The highest BCUT2D eigenvalue weighted by Gasteiger charge is 2.26. The molecule has 8 heteroatoms. The zero-order valence-corrected chi connectivity index (χ0v) is 13.1. The summed E-state index contributed by atoms with van der Waals surface area (Å²) >= 11 is 1.12. The molecule has 2 heterocycles. The van der Waals surface area contributed by atoms with Crippen molar-refractivity contribution in [3.05, 3.63) is 4.88 Å². The molecule has 6 nitrogen and oxygen atoms in total. The average Bonchev–Trinajstić information content (AvgIpc) is 2.68. The van der Waals surface area contributed by atoms with Crippen LogP contribution in [0.1, 0.15) is 17.7 Å². The van der Waals surface area contributed by atoms with E-state index in [0.29, 0.717) is 5.00 Å². The number of nitrogens with two attached hydrogens (primary N) is 1. The van der Waals surface area contributed by atoms with Gasteiger partial charge in [0.05, 0.1) is 5.69 Å². The smallest absolute Gasteiger partial charge is 0.180 e. The molecule has 1 aromatic heterocycles. The summed E-state index contributed by atoms with van der Waals surface area (Å²) in [6, 6.07) is 2.17. The lowest BCUT2D eigenvalue weighted by Crippen LogP contribution is -2.36. The second-order valence-electron chi connectivity index (χ2n) is 5.11.